The predicted octanol–water partition coefficient (Wildman–Crippen LogP) is 3.53. The van der Waals surface area contributed by atoms with Gasteiger partial charge in [-0.3, -0.25) is 10.0 Å². The van der Waals surface area contributed by atoms with E-state index in [0.717, 1.165) is 40.4 Å². The molecule has 106 valence electrons. The highest BCUT2D eigenvalue weighted by Gasteiger charge is 2.32. The number of nitrogens with zero attached hydrogens (tertiary/aromatic N) is 4. The number of rotatable bonds is 1. The predicted molar refractivity (Wildman–Crippen MR) is 84.9 cm³/mol. The molecular formula is C15H20N4S. The number of amidine groups is 1. The third-order valence-corrected chi connectivity index (χ3v) is 4.76. The molecule has 2 saturated heterocycles. The average Bonchev–Trinajstić information content (AvgIpc) is 2.74. The van der Waals surface area contributed by atoms with Crippen LogP contribution in [-0.4, -0.2) is 33.3 Å². The molecule has 0 spiro atoms. The Morgan fingerprint density at radius 3 is 2.60 bits per heavy atom. The second-order valence-corrected chi connectivity index (χ2v) is 6.42. The van der Waals surface area contributed by atoms with Gasteiger partial charge in [-0.05, 0) is 56.5 Å². The highest BCUT2D eigenvalue weighted by atomic mass is 32.2. The van der Waals surface area contributed by atoms with Crippen LogP contribution in [0.25, 0.3) is 0 Å². The van der Waals surface area contributed by atoms with Crippen LogP contribution in [0, 0.1) is 20.8 Å². The van der Waals surface area contributed by atoms with E-state index >= 15 is 0 Å². The maximum atomic E-state index is 4.79. The number of hydrogen-bond donors (Lipinski definition) is 0. The Kier molecular flexibility index (Phi) is 3.46. The van der Waals surface area contributed by atoms with Crippen molar-refractivity contribution >= 4 is 22.7 Å². The van der Waals surface area contributed by atoms with E-state index in [4.69, 9.17) is 4.99 Å². The molecule has 2 fully saturated rings. The topological polar surface area (TPSA) is 31.7 Å². The molecule has 3 rings (SSSR count). The van der Waals surface area contributed by atoms with E-state index < -0.39 is 0 Å². The van der Waals surface area contributed by atoms with E-state index in [2.05, 4.69) is 41.5 Å². The first-order valence-electron chi connectivity index (χ1n) is 7.01. The first-order valence-corrected chi connectivity index (χ1v) is 7.83. The molecule has 2 aliphatic heterocycles. The summed E-state index contributed by atoms with van der Waals surface area (Å²) in [5, 5.41) is 6.56. The fourth-order valence-corrected chi connectivity index (χ4v) is 3.48. The molecule has 0 aliphatic carbocycles. The summed E-state index contributed by atoms with van der Waals surface area (Å²) in [7, 11) is 0. The molecule has 0 saturated carbocycles. The number of aryl methyl sites for hydroxylation is 3. The molecule has 0 aromatic carbocycles. The van der Waals surface area contributed by atoms with Crippen molar-refractivity contribution in [3.63, 3.8) is 0 Å². The van der Waals surface area contributed by atoms with Crippen LogP contribution in [0.1, 0.15) is 29.7 Å². The van der Waals surface area contributed by atoms with Gasteiger partial charge in [0.1, 0.15) is 0 Å². The van der Waals surface area contributed by atoms with Crippen LogP contribution in [0.2, 0.25) is 0 Å². The number of aromatic nitrogens is 1. The minimum absolute atomic E-state index is 0.829. The molecule has 0 radical (unpaired) electrons. The van der Waals surface area contributed by atoms with Crippen LogP contribution in [-0.2, 0) is 0 Å². The van der Waals surface area contributed by atoms with Gasteiger partial charge in [0.15, 0.2) is 11.0 Å². The van der Waals surface area contributed by atoms with Crippen LogP contribution in [0.3, 0.4) is 0 Å². The molecule has 0 N–H and O–H groups in total. The van der Waals surface area contributed by atoms with Crippen molar-refractivity contribution in [3.05, 3.63) is 34.5 Å². The smallest absolute Gasteiger partial charge is 0.191 e. The first kappa shape index (κ1) is 13.5. The van der Waals surface area contributed by atoms with Gasteiger partial charge < -0.3 is 0 Å². The average molecular weight is 288 g/mol. The van der Waals surface area contributed by atoms with Crippen LogP contribution < -0.4 is 0 Å². The Balaban J connectivity index is 1.96. The lowest BCUT2D eigenvalue weighted by atomic mass is 10.1. The van der Waals surface area contributed by atoms with Crippen molar-refractivity contribution in [2.24, 2.45) is 4.99 Å². The van der Waals surface area contributed by atoms with Crippen LogP contribution in [0.4, 0.5) is 5.82 Å². The quantitative estimate of drug-likeness (QED) is 0.791. The fourth-order valence-electron chi connectivity index (χ4n) is 2.55. The van der Waals surface area contributed by atoms with E-state index in [9.17, 15) is 0 Å². The minimum Gasteiger partial charge on any atom is -0.277 e. The lowest BCUT2D eigenvalue weighted by Crippen LogP contribution is -2.42. The molecule has 3 heterocycles. The Labute approximate surface area is 124 Å². The SMILES string of the molecule is C=C1SC(=Nc2nc(C)c(C)cc2C)N2CCCCN12. The van der Waals surface area contributed by atoms with Gasteiger partial charge in [-0.25, -0.2) is 9.98 Å². The fraction of sp³-hybridized carbons (Fsp3) is 0.467. The number of fused-ring (bicyclic) bond motifs is 1. The maximum absolute atomic E-state index is 4.79. The zero-order valence-corrected chi connectivity index (χ0v) is 13.1. The molecule has 0 unspecified atom stereocenters. The van der Waals surface area contributed by atoms with E-state index in [0.29, 0.717) is 0 Å². The Bertz CT molecular complexity index is 594. The molecule has 1 aromatic heterocycles. The Morgan fingerprint density at radius 1 is 1.15 bits per heavy atom. The molecule has 4 nitrogen and oxygen atoms in total. The first-order chi connectivity index (χ1) is 9.56. The molecule has 1 aromatic rings. The molecule has 0 amide bonds. The summed E-state index contributed by atoms with van der Waals surface area (Å²) in [4.78, 5) is 9.41. The zero-order chi connectivity index (χ0) is 14.3. The van der Waals surface area contributed by atoms with Crippen molar-refractivity contribution in [2.75, 3.05) is 13.1 Å². The monoisotopic (exact) mass is 288 g/mol. The zero-order valence-electron chi connectivity index (χ0n) is 12.3. The van der Waals surface area contributed by atoms with E-state index in [1.54, 1.807) is 11.8 Å². The second-order valence-electron chi connectivity index (χ2n) is 5.37. The van der Waals surface area contributed by atoms with Crippen molar-refractivity contribution < 1.29 is 0 Å². The summed E-state index contributed by atoms with van der Waals surface area (Å²) >= 11 is 1.65. The lowest BCUT2D eigenvalue weighted by Gasteiger charge is -2.34. The molecule has 2 aliphatic rings. The molecular weight excluding hydrogens is 268 g/mol. The normalized spacial score (nSPS) is 20.8. The van der Waals surface area contributed by atoms with Gasteiger partial charge in [0, 0.05) is 18.8 Å². The highest BCUT2D eigenvalue weighted by Crippen LogP contribution is 2.36. The third kappa shape index (κ3) is 2.30. The van der Waals surface area contributed by atoms with Gasteiger partial charge in [0.25, 0.3) is 0 Å². The molecule has 5 heteroatoms. The Hall–Kier alpha value is -1.49. The Morgan fingerprint density at radius 2 is 1.85 bits per heavy atom. The number of hydrogen-bond acceptors (Lipinski definition) is 4. The summed E-state index contributed by atoms with van der Waals surface area (Å²) in [6.45, 7) is 12.4. The maximum Gasteiger partial charge on any atom is 0.191 e. The van der Waals surface area contributed by atoms with Crippen LogP contribution in [0.5, 0.6) is 0 Å². The van der Waals surface area contributed by atoms with Gasteiger partial charge in [-0.2, -0.15) is 0 Å². The van der Waals surface area contributed by atoms with Crippen LogP contribution >= 0.6 is 11.8 Å². The number of hydrazine groups is 1. The van der Waals surface area contributed by atoms with Crippen molar-refractivity contribution in [1.29, 1.82) is 0 Å². The number of thioether (sulfide) groups is 1. The molecule has 0 bridgehead atoms. The van der Waals surface area contributed by atoms with Crippen LogP contribution in [0.15, 0.2) is 22.7 Å². The van der Waals surface area contributed by atoms with E-state index in [1.165, 1.54) is 18.4 Å². The van der Waals surface area contributed by atoms with E-state index in [1.807, 2.05) is 6.92 Å². The summed E-state index contributed by atoms with van der Waals surface area (Å²) < 4.78 is 0. The van der Waals surface area contributed by atoms with Crippen molar-refractivity contribution in [2.45, 2.75) is 33.6 Å². The lowest BCUT2D eigenvalue weighted by molar-refractivity contribution is 0.0748. The molecule has 20 heavy (non-hydrogen) atoms. The van der Waals surface area contributed by atoms with Gasteiger partial charge >= 0.3 is 0 Å². The van der Waals surface area contributed by atoms with E-state index in [-0.39, 0.29) is 0 Å². The van der Waals surface area contributed by atoms with Gasteiger partial charge in [0.2, 0.25) is 0 Å². The van der Waals surface area contributed by atoms with Crippen molar-refractivity contribution in [1.82, 2.24) is 15.0 Å². The number of aliphatic imine (C=N–C) groups is 1. The standard InChI is InChI=1S/C15H20N4S/c1-10-9-11(2)14(16-12(10)3)17-15-19-8-6-5-7-18(19)13(4)20-15/h9H,4-8H2,1-3H3. The summed E-state index contributed by atoms with van der Waals surface area (Å²) in [6, 6.07) is 2.16. The summed E-state index contributed by atoms with van der Waals surface area (Å²) in [5.74, 6) is 0.829. The highest BCUT2D eigenvalue weighted by molar-refractivity contribution is 8.17. The molecule has 0 atom stereocenters. The number of pyridine rings is 1. The largest absolute Gasteiger partial charge is 0.277 e. The summed E-state index contributed by atoms with van der Waals surface area (Å²) in [6.07, 6.45) is 2.44. The van der Waals surface area contributed by atoms with Gasteiger partial charge in [0.05, 0.1) is 5.03 Å². The van der Waals surface area contributed by atoms with Gasteiger partial charge in [-0.15, -0.1) is 0 Å². The minimum atomic E-state index is 0.829. The second kappa shape index (κ2) is 5.13. The third-order valence-electron chi connectivity index (χ3n) is 3.83. The summed E-state index contributed by atoms with van der Waals surface area (Å²) in [5.41, 5.74) is 3.39. The van der Waals surface area contributed by atoms with Crippen molar-refractivity contribution in [3.8, 4) is 0 Å². The van der Waals surface area contributed by atoms with Gasteiger partial charge in [-0.1, -0.05) is 12.6 Å².